The van der Waals surface area contributed by atoms with E-state index in [0.717, 1.165) is 29.4 Å². The number of carbonyl (C=O) groups excluding carboxylic acids is 1. The summed E-state index contributed by atoms with van der Waals surface area (Å²) in [5, 5.41) is 10.6. The third-order valence-corrected chi connectivity index (χ3v) is 2.86. The van der Waals surface area contributed by atoms with Gasteiger partial charge in [0.25, 0.3) is 0 Å². The Labute approximate surface area is 98.0 Å². The van der Waals surface area contributed by atoms with E-state index >= 15 is 0 Å². The first-order valence-electron chi connectivity index (χ1n) is 5.02. The molecule has 0 aliphatic heterocycles. The van der Waals surface area contributed by atoms with E-state index < -0.39 is 0 Å². The lowest BCUT2D eigenvalue weighted by Crippen LogP contribution is -2.12. The fraction of sp³-hybridized carbons (Fsp3) is 0.600. The molecule has 0 aromatic carbocycles. The van der Waals surface area contributed by atoms with Crippen LogP contribution in [0.1, 0.15) is 30.5 Å². The van der Waals surface area contributed by atoms with E-state index in [1.165, 1.54) is 0 Å². The lowest BCUT2D eigenvalue weighted by Gasteiger charge is -2.02. The summed E-state index contributed by atoms with van der Waals surface area (Å²) in [7, 11) is 0. The monoisotopic (exact) mass is 273 g/mol. The molecular weight excluding hydrogens is 258 g/mol. The fourth-order valence-corrected chi connectivity index (χ4v) is 1.58. The quantitative estimate of drug-likeness (QED) is 0.640. The molecule has 0 unspecified atom stereocenters. The molecule has 0 spiro atoms. The van der Waals surface area contributed by atoms with Gasteiger partial charge in [-0.05, 0) is 26.7 Å². The second kappa shape index (κ2) is 5.90. The molecule has 1 rings (SSSR count). The summed E-state index contributed by atoms with van der Waals surface area (Å²) >= 11 is 3.33. The van der Waals surface area contributed by atoms with Crippen molar-refractivity contribution in [1.29, 1.82) is 0 Å². The number of halogens is 1. The zero-order chi connectivity index (χ0) is 11.3. The number of anilines is 1. The van der Waals surface area contributed by atoms with Crippen molar-refractivity contribution in [2.45, 2.75) is 33.1 Å². The number of amides is 1. The lowest BCUT2D eigenvalue weighted by molar-refractivity contribution is -0.116. The molecule has 0 fully saturated rings. The van der Waals surface area contributed by atoms with Crippen LogP contribution in [0.3, 0.4) is 0 Å². The Morgan fingerprint density at radius 2 is 2.20 bits per heavy atom. The Hall–Kier alpha value is -0.840. The van der Waals surface area contributed by atoms with E-state index in [0.29, 0.717) is 12.2 Å². The number of nitrogens with one attached hydrogen (secondary N) is 2. The van der Waals surface area contributed by atoms with Gasteiger partial charge in [0.15, 0.2) is 5.82 Å². The third kappa shape index (κ3) is 3.66. The van der Waals surface area contributed by atoms with E-state index in [4.69, 9.17) is 0 Å². The van der Waals surface area contributed by atoms with Gasteiger partial charge < -0.3 is 5.32 Å². The molecule has 15 heavy (non-hydrogen) atoms. The molecule has 5 heteroatoms. The number of hydrogen-bond donors (Lipinski definition) is 2. The van der Waals surface area contributed by atoms with Crippen molar-refractivity contribution in [2.24, 2.45) is 0 Å². The summed E-state index contributed by atoms with van der Waals surface area (Å²) in [6.07, 6.45) is 2.47. The smallest absolute Gasteiger partial charge is 0.225 e. The topological polar surface area (TPSA) is 57.8 Å². The van der Waals surface area contributed by atoms with Crippen LogP contribution in [0.25, 0.3) is 0 Å². The zero-order valence-electron chi connectivity index (χ0n) is 9.06. The molecule has 0 aliphatic carbocycles. The van der Waals surface area contributed by atoms with Gasteiger partial charge in [0.2, 0.25) is 5.91 Å². The zero-order valence-corrected chi connectivity index (χ0v) is 10.6. The first kappa shape index (κ1) is 12.2. The fourth-order valence-electron chi connectivity index (χ4n) is 1.18. The number of aromatic amines is 1. The predicted molar refractivity (Wildman–Crippen MR) is 64.3 cm³/mol. The highest BCUT2D eigenvalue weighted by Crippen LogP contribution is 2.14. The van der Waals surface area contributed by atoms with Crippen LogP contribution in [0.4, 0.5) is 5.82 Å². The van der Waals surface area contributed by atoms with Gasteiger partial charge in [0.1, 0.15) is 0 Å². The van der Waals surface area contributed by atoms with E-state index in [1.807, 2.05) is 13.8 Å². The highest BCUT2D eigenvalue weighted by molar-refractivity contribution is 9.09. The van der Waals surface area contributed by atoms with Crippen LogP contribution in [-0.2, 0) is 4.79 Å². The summed E-state index contributed by atoms with van der Waals surface area (Å²) < 4.78 is 0. The Kier molecular flexibility index (Phi) is 4.81. The van der Waals surface area contributed by atoms with E-state index in [2.05, 4.69) is 31.4 Å². The van der Waals surface area contributed by atoms with Crippen molar-refractivity contribution < 1.29 is 4.79 Å². The normalized spacial score (nSPS) is 10.3. The number of rotatable bonds is 5. The SMILES string of the molecule is Cc1[nH]nc(NC(=O)CCCCBr)c1C. The molecule has 0 atom stereocenters. The number of aryl methyl sites for hydroxylation is 1. The van der Waals surface area contributed by atoms with Gasteiger partial charge >= 0.3 is 0 Å². The summed E-state index contributed by atoms with van der Waals surface area (Å²) in [5.41, 5.74) is 1.99. The van der Waals surface area contributed by atoms with Gasteiger partial charge in [0.05, 0.1) is 0 Å². The van der Waals surface area contributed by atoms with Crippen LogP contribution in [0, 0.1) is 13.8 Å². The maximum atomic E-state index is 11.5. The number of H-pyrrole nitrogens is 1. The first-order chi connectivity index (χ1) is 7.15. The minimum absolute atomic E-state index is 0.0329. The van der Waals surface area contributed by atoms with Crippen molar-refractivity contribution in [2.75, 3.05) is 10.6 Å². The average Bonchev–Trinajstić information content (AvgIpc) is 2.50. The molecule has 1 heterocycles. The maximum absolute atomic E-state index is 11.5. The van der Waals surface area contributed by atoms with E-state index in [9.17, 15) is 4.79 Å². The molecule has 1 amide bonds. The number of unbranched alkanes of at least 4 members (excludes halogenated alkanes) is 1. The molecule has 2 N–H and O–H groups in total. The molecule has 0 saturated heterocycles. The van der Waals surface area contributed by atoms with Crippen molar-refractivity contribution in [3.8, 4) is 0 Å². The number of hydrogen-bond acceptors (Lipinski definition) is 2. The third-order valence-electron chi connectivity index (χ3n) is 2.30. The van der Waals surface area contributed by atoms with Gasteiger partial charge in [-0.1, -0.05) is 15.9 Å². The summed E-state index contributed by atoms with van der Waals surface area (Å²) in [5.74, 6) is 0.682. The highest BCUT2D eigenvalue weighted by atomic mass is 79.9. The first-order valence-corrected chi connectivity index (χ1v) is 6.14. The number of alkyl halides is 1. The standard InChI is InChI=1S/C10H16BrN3O/c1-7-8(2)13-14-10(7)12-9(15)5-3-4-6-11/h3-6H2,1-2H3,(H2,12,13,14,15). The Bertz CT molecular complexity index is 335. The molecule has 0 radical (unpaired) electrons. The van der Waals surface area contributed by atoms with Crippen LogP contribution in [0.2, 0.25) is 0 Å². The molecule has 0 bridgehead atoms. The van der Waals surface area contributed by atoms with Crippen LogP contribution in [-0.4, -0.2) is 21.4 Å². The van der Waals surface area contributed by atoms with Gasteiger partial charge in [-0.2, -0.15) is 5.10 Å². The van der Waals surface area contributed by atoms with Gasteiger partial charge in [-0.25, -0.2) is 0 Å². The molecule has 1 aromatic heterocycles. The van der Waals surface area contributed by atoms with Gasteiger partial charge in [0, 0.05) is 23.0 Å². The summed E-state index contributed by atoms with van der Waals surface area (Å²) in [6.45, 7) is 3.87. The highest BCUT2D eigenvalue weighted by Gasteiger charge is 2.08. The van der Waals surface area contributed by atoms with E-state index in [1.54, 1.807) is 0 Å². The van der Waals surface area contributed by atoms with Gasteiger partial charge in [-0.15, -0.1) is 0 Å². The molecule has 0 saturated carbocycles. The summed E-state index contributed by atoms with van der Waals surface area (Å²) in [6, 6.07) is 0. The molecular formula is C10H16BrN3O. The van der Waals surface area contributed by atoms with Crippen molar-refractivity contribution in [3.05, 3.63) is 11.3 Å². The number of aromatic nitrogens is 2. The van der Waals surface area contributed by atoms with Crippen LogP contribution >= 0.6 is 15.9 Å². The predicted octanol–water partition coefficient (Wildman–Crippen LogP) is 2.53. The van der Waals surface area contributed by atoms with E-state index in [-0.39, 0.29) is 5.91 Å². The van der Waals surface area contributed by atoms with Crippen LogP contribution in [0.15, 0.2) is 0 Å². The Morgan fingerprint density at radius 1 is 1.47 bits per heavy atom. The average molecular weight is 274 g/mol. The molecule has 84 valence electrons. The van der Waals surface area contributed by atoms with Crippen molar-refractivity contribution in [1.82, 2.24) is 10.2 Å². The van der Waals surface area contributed by atoms with Crippen molar-refractivity contribution in [3.63, 3.8) is 0 Å². The summed E-state index contributed by atoms with van der Waals surface area (Å²) in [4.78, 5) is 11.5. The largest absolute Gasteiger partial charge is 0.309 e. The van der Waals surface area contributed by atoms with Crippen molar-refractivity contribution >= 4 is 27.7 Å². The second-order valence-electron chi connectivity index (χ2n) is 3.52. The van der Waals surface area contributed by atoms with Crippen LogP contribution < -0.4 is 5.32 Å². The lowest BCUT2D eigenvalue weighted by atomic mass is 10.2. The Morgan fingerprint density at radius 3 is 2.73 bits per heavy atom. The maximum Gasteiger partial charge on any atom is 0.225 e. The molecule has 0 aliphatic rings. The second-order valence-corrected chi connectivity index (χ2v) is 4.31. The number of carbonyl (C=O) groups is 1. The molecule has 4 nitrogen and oxygen atoms in total. The van der Waals surface area contributed by atoms with Crippen LogP contribution in [0.5, 0.6) is 0 Å². The minimum atomic E-state index is 0.0329. The van der Waals surface area contributed by atoms with Gasteiger partial charge in [-0.3, -0.25) is 9.89 Å². The Balaban J connectivity index is 2.41. The minimum Gasteiger partial charge on any atom is -0.309 e. The number of nitrogens with zero attached hydrogens (tertiary/aromatic N) is 1. The molecule has 1 aromatic rings.